The lowest BCUT2D eigenvalue weighted by atomic mass is 9.89. The Labute approximate surface area is 159 Å². The summed E-state index contributed by atoms with van der Waals surface area (Å²) >= 11 is 0. The van der Waals surface area contributed by atoms with Crippen LogP contribution in [0.1, 0.15) is 25.3 Å². The molecule has 1 saturated heterocycles. The van der Waals surface area contributed by atoms with Crippen LogP contribution < -0.4 is 4.72 Å². The number of benzene rings is 1. The molecule has 9 heteroatoms. The van der Waals surface area contributed by atoms with Gasteiger partial charge in [0.1, 0.15) is 0 Å². The van der Waals surface area contributed by atoms with Gasteiger partial charge in [-0.15, -0.1) is 0 Å². The Morgan fingerprint density at radius 1 is 1.26 bits per heavy atom. The van der Waals surface area contributed by atoms with Crippen molar-refractivity contribution in [2.45, 2.75) is 25.9 Å². The number of carboxylic acids is 1. The molecule has 0 aliphatic carbocycles. The Bertz CT molecular complexity index is 750. The van der Waals surface area contributed by atoms with Crippen LogP contribution in [0.25, 0.3) is 0 Å². The van der Waals surface area contributed by atoms with E-state index < -0.39 is 34.4 Å². The van der Waals surface area contributed by atoms with Gasteiger partial charge in [0.05, 0.1) is 30.9 Å². The molecular formula is C18H26N2O6S. The average Bonchev–Trinajstić information content (AvgIpc) is 3.06. The largest absolute Gasteiger partial charge is 0.481 e. The van der Waals surface area contributed by atoms with E-state index in [1.54, 1.807) is 13.8 Å². The van der Waals surface area contributed by atoms with E-state index in [0.29, 0.717) is 0 Å². The van der Waals surface area contributed by atoms with E-state index in [4.69, 9.17) is 4.74 Å². The second kappa shape index (κ2) is 9.29. The van der Waals surface area contributed by atoms with Crippen molar-refractivity contribution in [2.24, 2.45) is 5.92 Å². The summed E-state index contributed by atoms with van der Waals surface area (Å²) in [5.41, 5.74) is 0.853. The van der Waals surface area contributed by atoms with Crippen molar-refractivity contribution >= 4 is 21.9 Å². The minimum atomic E-state index is -3.64. The van der Waals surface area contributed by atoms with Crippen molar-refractivity contribution in [3.8, 4) is 0 Å². The zero-order chi connectivity index (χ0) is 20.0. The number of likely N-dealkylation sites (tertiary alicyclic amines) is 1. The molecule has 2 atom stereocenters. The number of hydrogen-bond donors (Lipinski definition) is 2. The second-order valence-electron chi connectivity index (χ2n) is 6.82. The van der Waals surface area contributed by atoms with E-state index in [1.165, 1.54) is 4.90 Å². The third-order valence-electron chi connectivity index (χ3n) is 4.46. The van der Waals surface area contributed by atoms with Gasteiger partial charge in [0.15, 0.2) is 0 Å². The van der Waals surface area contributed by atoms with Gasteiger partial charge in [-0.1, -0.05) is 30.3 Å². The molecule has 1 fully saturated rings. The maximum absolute atomic E-state index is 12.4. The fourth-order valence-electron chi connectivity index (χ4n) is 3.04. The minimum Gasteiger partial charge on any atom is -0.481 e. The third kappa shape index (κ3) is 6.30. The van der Waals surface area contributed by atoms with E-state index >= 15 is 0 Å². The number of amides is 1. The fraction of sp³-hybridized carbons (Fsp3) is 0.556. The summed E-state index contributed by atoms with van der Waals surface area (Å²) in [4.78, 5) is 25.4. The Kier molecular flexibility index (Phi) is 7.34. The first-order valence-corrected chi connectivity index (χ1v) is 10.5. The molecule has 0 saturated carbocycles. The van der Waals surface area contributed by atoms with Crippen LogP contribution in [-0.2, 0) is 24.3 Å². The number of sulfonamides is 1. The molecular weight excluding hydrogens is 372 g/mol. The molecule has 0 radical (unpaired) electrons. The first kappa shape index (κ1) is 21.3. The van der Waals surface area contributed by atoms with Gasteiger partial charge in [0.25, 0.3) is 0 Å². The number of nitrogens with one attached hydrogen (secondary N) is 1. The molecule has 1 aliphatic rings. The highest BCUT2D eigenvalue weighted by Gasteiger charge is 2.40. The molecule has 1 heterocycles. The number of ether oxygens (including phenoxy) is 1. The monoisotopic (exact) mass is 398 g/mol. The van der Waals surface area contributed by atoms with E-state index in [0.717, 1.165) is 5.56 Å². The van der Waals surface area contributed by atoms with Gasteiger partial charge in [-0.25, -0.2) is 13.1 Å². The smallest absolute Gasteiger partial charge is 0.308 e. The lowest BCUT2D eigenvalue weighted by molar-refractivity contribution is -0.141. The number of aliphatic carboxylic acids is 1. The maximum Gasteiger partial charge on any atom is 0.308 e. The summed E-state index contributed by atoms with van der Waals surface area (Å²) in [5, 5.41) is 9.48. The number of carboxylic acid groups (broad SMARTS) is 1. The first-order chi connectivity index (χ1) is 12.7. The Morgan fingerprint density at radius 2 is 1.93 bits per heavy atom. The summed E-state index contributed by atoms with van der Waals surface area (Å²) < 4.78 is 31.3. The van der Waals surface area contributed by atoms with Crippen molar-refractivity contribution in [2.75, 3.05) is 32.0 Å². The van der Waals surface area contributed by atoms with Gasteiger partial charge < -0.3 is 14.7 Å². The topological polar surface area (TPSA) is 113 Å². The summed E-state index contributed by atoms with van der Waals surface area (Å²) in [6.45, 7) is 3.57. The van der Waals surface area contributed by atoms with E-state index in [9.17, 15) is 23.1 Å². The average molecular weight is 398 g/mol. The molecule has 2 unspecified atom stereocenters. The Morgan fingerprint density at radius 3 is 2.52 bits per heavy atom. The fourth-order valence-corrected chi connectivity index (χ4v) is 3.85. The van der Waals surface area contributed by atoms with E-state index in [1.807, 2.05) is 30.3 Å². The van der Waals surface area contributed by atoms with Gasteiger partial charge in [-0.05, 0) is 19.4 Å². The molecule has 2 rings (SSSR count). The summed E-state index contributed by atoms with van der Waals surface area (Å²) in [5.74, 6) is -2.67. The molecule has 8 nitrogen and oxygen atoms in total. The molecule has 27 heavy (non-hydrogen) atoms. The highest BCUT2D eigenvalue weighted by Crippen LogP contribution is 2.32. The van der Waals surface area contributed by atoms with Crippen molar-refractivity contribution in [1.82, 2.24) is 9.62 Å². The van der Waals surface area contributed by atoms with Crippen molar-refractivity contribution in [1.29, 1.82) is 0 Å². The number of hydrogen-bond acceptors (Lipinski definition) is 5. The molecule has 1 aromatic rings. The van der Waals surface area contributed by atoms with Crippen LogP contribution in [0.3, 0.4) is 0 Å². The molecule has 2 N–H and O–H groups in total. The quantitative estimate of drug-likeness (QED) is 0.632. The van der Waals surface area contributed by atoms with Gasteiger partial charge in [0, 0.05) is 19.0 Å². The standard InChI is InChI=1S/C18H26N2O6S/c1-13(2)26-8-9-27(24,25)19-10-17(21)20-11-15(16(12-20)18(22)23)14-6-4-3-5-7-14/h3-7,13,15-16,19H,8-12H2,1-2H3,(H,22,23). The lowest BCUT2D eigenvalue weighted by Crippen LogP contribution is -2.40. The van der Waals surface area contributed by atoms with Crippen LogP contribution >= 0.6 is 0 Å². The predicted octanol–water partition coefficient (Wildman–Crippen LogP) is 0.658. The van der Waals surface area contributed by atoms with Crippen LogP contribution in [0.5, 0.6) is 0 Å². The number of nitrogens with zero attached hydrogens (tertiary/aromatic N) is 1. The third-order valence-corrected chi connectivity index (χ3v) is 5.75. The Hall–Kier alpha value is -1.97. The van der Waals surface area contributed by atoms with Crippen LogP contribution in [0.15, 0.2) is 30.3 Å². The summed E-state index contributed by atoms with van der Waals surface area (Å²) in [7, 11) is -3.64. The van der Waals surface area contributed by atoms with Gasteiger partial charge in [-0.2, -0.15) is 0 Å². The predicted molar refractivity (Wildman–Crippen MR) is 99.8 cm³/mol. The van der Waals surface area contributed by atoms with Crippen molar-refractivity contribution in [3.05, 3.63) is 35.9 Å². The van der Waals surface area contributed by atoms with E-state index in [-0.39, 0.29) is 37.5 Å². The van der Waals surface area contributed by atoms with Crippen LogP contribution in [0, 0.1) is 5.92 Å². The lowest BCUT2D eigenvalue weighted by Gasteiger charge is -2.17. The van der Waals surface area contributed by atoms with Gasteiger partial charge >= 0.3 is 5.97 Å². The van der Waals surface area contributed by atoms with Crippen LogP contribution in [-0.4, -0.2) is 68.4 Å². The van der Waals surface area contributed by atoms with Gasteiger partial charge in [0.2, 0.25) is 15.9 Å². The SMILES string of the molecule is CC(C)OCCS(=O)(=O)NCC(=O)N1CC(C(=O)O)C(c2ccccc2)C1. The zero-order valence-electron chi connectivity index (χ0n) is 15.5. The normalized spacial score (nSPS) is 20.2. The number of rotatable bonds is 9. The molecule has 1 aliphatic heterocycles. The summed E-state index contributed by atoms with van der Waals surface area (Å²) in [6, 6.07) is 9.17. The molecule has 1 amide bonds. The molecule has 1 aromatic carbocycles. The molecule has 150 valence electrons. The molecule has 0 spiro atoms. The Balaban J connectivity index is 1.94. The second-order valence-corrected chi connectivity index (χ2v) is 8.75. The number of carbonyl (C=O) groups excluding carboxylic acids is 1. The summed E-state index contributed by atoms with van der Waals surface area (Å²) in [6.07, 6.45) is -0.0747. The zero-order valence-corrected chi connectivity index (χ0v) is 16.3. The molecule has 0 bridgehead atoms. The van der Waals surface area contributed by atoms with Gasteiger partial charge in [-0.3, -0.25) is 9.59 Å². The van der Waals surface area contributed by atoms with Crippen molar-refractivity contribution < 1.29 is 27.9 Å². The first-order valence-electron chi connectivity index (χ1n) is 8.84. The van der Waals surface area contributed by atoms with Crippen LogP contribution in [0.4, 0.5) is 0 Å². The highest BCUT2D eigenvalue weighted by atomic mass is 32.2. The number of carbonyl (C=O) groups is 2. The molecule has 0 aromatic heterocycles. The maximum atomic E-state index is 12.4. The minimum absolute atomic E-state index is 0.0437. The highest BCUT2D eigenvalue weighted by molar-refractivity contribution is 7.89. The van der Waals surface area contributed by atoms with Crippen molar-refractivity contribution in [3.63, 3.8) is 0 Å². The van der Waals surface area contributed by atoms with Crippen LogP contribution in [0.2, 0.25) is 0 Å². The van der Waals surface area contributed by atoms with E-state index in [2.05, 4.69) is 4.72 Å².